The lowest BCUT2D eigenvalue weighted by Crippen LogP contribution is -2.56. The Morgan fingerprint density at radius 1 is 0.788 bits per heavy atom. The number of piperazine rings is 1. The summed E-state index contributed by atoms with van der Waals surface area (Å²) in [6.07, 6.45) is 15.2. The Bertz CT molecular complexity index is 738. The molecule has 1 aromatic heterocycles. The van der Waals surface area contributed by atoms with Crippen molar-refractivity contribution in [1.29, 1.82) is 0 Å². The van der Waals surface area contributed by atoms with E-state index < -0.39 is 0 Å². The average Bonchev–Trinajstić information content (AvgIpc) is 3.08. The molecule has 6 heteroatoms. The normalized spacial score (nSPS) is 32.2. The predicted octanol–water partition coefficient (Wildman–Crippen LogP) is 4.45. The molecular weight excluding hydrogens is 410 g/mol. The second kappa shape index (κ2) is 10.2. The van der Waals surface area contributed by atoms with Crippen molar-refractivity contribution >= 4 is 5.95 Å². The van der Waals surface area contributed by atoms with Gasteiger partial charge in [-0.2, -0.15) is 0 Å². The number of aromatic nitrogens is 2. The third-order valence-electron chi connectivity index (χ3n) is 8.76. The van der Waals surface area contributed by atoms with E-state index in [4.69, 9.17) is 14.7 Å². The maximum atomic E-state index is 6.05. The van der Waals surface area contributed by atoms with E-state index in [1.165, 1.54) is 70.0 Å². The summed E-state index contributed by atoms with van der Waals surface area (Å²) in [4.78, 5) is 17.7. The molecule has 1 aromatic rings. The van der Waals surface area contributed by atoms with Gasteiger partial charge in [0, 0.05) is 49.7 Å². The minimum atomic E-state index is 0.357. The molecule has 0 N–H and O–H groups in total. The number of hydrogen-bond acceptors (Lipinski definition) is 6. The van der Waals surface area contributed by atoms with E-state index in [1.54, 1.807) is 0 Å². The quantitative estimate of drug-likeness (QED) is 0.631. The maximum Gasteiger partial charge on any atom is 0.225 e. The summed E-state index contributed by atoms with van der Waals surface area (Å²) in [5, 5.41) is 0. The number of likely N-dealkylation sites (tertiary alicyclic amines) is 2. The molecule has 0 aromatic carbocycles. The van der Waals surface area contributed by atoms with Crippen molar-refractivity contribution in [3.05, 3.63) is 18.0 Å². The first-order valence-corrected chi connectivity index (χ1v) is 13.7. The van der Waals surface area contributed by atoms with Crippen LogP contribution >= 0.6 is 0 Å². The lowest BCUT2D eigenvalue weighted by atomic mass is 9.87. The van der Waals surface area contributed by atoms with E-state index in [0.717, 1.165) is 25.1 Å². The van der Waals surface area contributed by atoms with Gasteiger partial charge in [-0.3, -0.25) is 4.90 Å². The van der Waals surface area contributed by atoms with Crippen LogP contribution in [0.4, 0.5) is 5.95 Å². The zero-order chi connectivity index (χ0) is 22.9. The monoisotopic (exact) mass is 455 g/mol. The highest BCUT2D eigenvalue weighted by atomic mass is 16.5. The van der Waals surface area contributed by atoms with E-state index in [-0.39, 0.29) is 0 Å². The lowest BCUT2D eigenvalue weighted by Gasteiger charge is -2.43. The molecule has 3 saturated heterocycles. The molecule has 1 aliphatic carbocycles. The van der Waals surface area contributed by atoms with Gasteiger partial charge in [-0.1, -0.05) is 0 Å². The first kappa shape index (κ1) is 23.5. The Kier molecular flexibility index (Phi) is 7.24. The molecule has 6 nitrogen and oxygen atoms in total. The minimum Gasteiger partial charge on any atom is -0.376 e. The Balaban J connectivity index is 1.12. The molecule has 2 unspecified atom stereocenters. The van der Waals surface area contributed by atoms with Crippen molar-refractivity contribution in [3.8, 4) is 0 Å². The number of nitrogens with zero attached hydrogens (tertiary/aromatic N) is 5. The van der Waals surface area contributed by atoms with Gasteiger partial charge < -0.3 is 14.5 Å². The number of hydrogen-bond donors (Lipinski definition) is 0. The van der Waals surface area contributed by atoms with Gasteiger partial charge in [0.15, 0.2) is 0 Å². The largest absolute Gasteiger partial charge is 0.376 e. The number of fused-ring (bicyclic) bond motifs is 2. The molecule has 3 aliphatic heterocycles. The van der Waals surface area contributed by atoms with Crippen LogP contribution in [0.5, 0.6) is 0 Å². The molecule has 0 radical (unpaired) electrons. The lowest BCUT2D eigenvalue weighted by molar-refractivity contribution is -0.0282. The highest BCUT2D eigenvalue weighted by molar-refractivity contribution is 5.38. The van der Waals surface area contributed by atoms with E-state index in [0.29, 0.717) is 36.3 Å². The number of piperidine rings is 1. The van der Waals surface area contributed by atoms with Crippen LogP contribution in [0.1, 0.15) is 90.5 Å². The molecular formula is C27H45N5O. The summed E-state index contributed by atoms with van der Waals surface area (Å²) in [6, 6.07) is 2.56. The maximum absolute atomic E-state index is 6.05. The standard InChI is InChI=1S/C27H45N5O/c1-19(2)31-17-24-5-6-25(18-31)32(24)27-28-15-22(16-29-27)21-11-13-30(14-12-21)23-7-9-26(10-8-23)33-20(3)4/h15-16,19-21,23-26H,5-14,17-18H2,1-4H3. The summed E-state index contributed by atoms with van der Waals surface area (Å²) in [5.41, 5.74) is 1.35. The SMILES string of the molecule is CC(C)OC1CCC(N2CCC(c3cnc(N4C5CCC4CN(C(C)C)C5)nc3)CC2)CC1. The van der Waals surface area contributed by atoms with E-state index in [9.17, 15) is 0 Å². The highest BCUT2D eigenvalue weighted by Gasteiger charge is 2.41. The van der Waals surface area contributed by atoms with Gasteiger partial charge in [0.05, 0.1) is 12.2 Å². The van der Waals surface area contributed by atoms with Crippen LogP contribution in [-0.2, 0) is 4.74 Å². The molecule has 1 saturated carbocycles. The zero-order valence-corrected chi connectivity index (χ0v) is 21.3. The topological polar surface area (TPSA) is 44.7 Å². The fraction of sp³-hybridized carbons (Fsp3) is 0.852. The van der Waals surface area contributed by atoms with Crippen LogP contribution < -0.4 is 4.90 Å². The van der Waals surface area contributed by atoms with Crippen molar-refractivity contribution in [2.75, 3.05) is 31.1 Å². The third kappa shape index (κ3) is 5.23. The second-order valence-corrected chi connectivity index (χ2v) is 11.6. The molecule has 0 amide bonds. The van der Waals surface area contributed by atoms with Crippen LogP contribution in [0.25, 0.3) is 0 Å². The summed E-state index contributed by atoms with van der Waals surface area (Å²) < 4.78 is 6.05. The van der Waals surface area contributed by atoms with Crippen LogP contribution in [0, 0.1) is 0 Å². The predicted molar refractivity (Wildman–Crippen MR) is 134 cm³/mol. The molecule has 4 fully saturated rings. The van der Waals surface area contributed by atoms with Crippen molar-refractivity contribution in [1.82, 2.24) is 19.8 Å². The third-order valence-corrected chi connectivity index (χ3v) is 8.76. The molecule has 0 spiro atoms. The van der Waals surface area contributed by atoms with Crippen LogP contribution in [0.2, 0.25) is 0 Å². The Morgan fingerprint density at radius 2 is 1.36 bits per heavy atom. The molecule has 184 valence electrons. The number of ether oxygens (including phenoxy) is 1. The molecule has 33 heavy (non-hydrogen) atoms. The van der Waals surface area contributed by atoms with Gasteiger partial charge in [-0.15, -0.1) is 0 Å². The van der Waals surface area contributed by atoms with Gasteiger partial charge in [0.1, 0.15) is 0 Å². The first-order chi connectivity index (χ1) is 16.0. The van der Waals surface area contributed by atoms with Crippen molar-refractivity contribution < 1.29 is 4.74 Å². The molecule has 2 atom stereocenters. The van der Waals surface area contributed by atoms with Crippen LogP contribution in [-0.4, -0.2) is 82.3 Å². The van der Waals surface area contributed by atoms with Gasteiger partial charge in [-0.25, -0.2) is 9.97 Å². The van der Waals surface area contributed by atoms with Gasteiger partial charge >= 0.3 is 0 Å². The molecule has 4 heterocycles. The summed E-state index contributed by atoms with van der Waals surface area (Å²) in [7, 11) is 0. The second-order valence-electron chi connectivity index (χ2n) is 11.6. The van der Waals surface area contributed by atoms with Gasteiger partial charge in [0.25, 0.3) is 0 Å². The zero-order valence-electron chi connectivity index (χ0n) is 21.3. The average molecular weight is 456 g/mol. The van der Waals surface area contributed by atoms with Crippen molar-refractivity contribution in [2.45, 2.75) is 121 Å². The minimum absolute atomic E-state index is 0.357. The van der Waals surface area contributed by atoms with Crippen LogP contribution in [0.15, 0.2) is 12.4 Å². The fourth-order valence-corrected chi connectivity index (χ4v) is 6.89. The van der Waals surface area contributed by atoms with Gasteiger partial charge in [-0.05, 0) is 104 Å². The Hall–Kier alpha value is -1.24. The Labute approximate surface area is 201 Å². The van der Waals surface area contributed by atoms with E-state index >= 15 is 0 Å². The fourth-order valence-electron chi connectivity index (χ4n) is 6.89. The number of anilines is 1. The highest BCUT2D eigenvalue weighted by Crippen LogP contribution is 2.35. The smallest absolute Gasteiger partial charge is 0.225 e. The molecule has 4 aliphatic rings. The molecule has 2 bridgehead atoms. The van der Waals surface area contributed by atoms with Crippen LogP contribution in [0.3, 0.4) is 0 Å². The van der Waals surface area contributed by atoms with Gasteiger partial charge in [0.2, 0.25) is 5.95 Å². The van der Waals surface area contributed by atoms with E-state index in [1.807, 2.05) is 0 Å². The molecule has 5 rings (SSSR count). The summed E-state index contributed by atoms with van der Waals surface area (Å²) in [5.74, 6) is 1.58. The first-order valence-electron chi connectivity index (χ1n) is 13.7. The summed E-state index contributed by atoms with van der Waals surface area (Å²) >= 11 is 0. The van der Waals surface area contributed by atoms with Crippen molar-refractivity contribution in [3.63, 3.8) is 0 Å². The summed E-state index contributed by atoms with van der Waals surface area (Å²) in [6.45, 7) is 13.7. The number of rotatable bonds is 6. The Morgan fingerprint density at radius 3 is 1.91 bits per heavy atom. The van der Waals surface area contributed by atoms with Crippen molar-refractivity contribution in [2.24, 2.45) is 0 Å². The van der Waals surface area contributed by atoms with E-state index in [2.05, 4.69) is 54.8 Å².